The van der Waals surface area contributed by atoms with Gasteiger partial charge in [0, 0.05) is 12.1 Å². The fourth-order valence-corrected chi connectivity index (χ4v) is 1.31. The lowest BCUT2D eigenvalue weighted by Gasteiger charge is -2.10. The van der Waals surface area contributed by atoms with Gasteiger partial charge in [0.25, 0.3) is 0 Å². The molecular weight excluding hydrogens is 186 g/mol. The van der Waals surface area contributed by atoms with Crippen molar-refractivity contribution in [1.82, 2.24) is 4.98 Å². The van der Waals surface area contributed by atoms with Crippen molar-refractivity contribution in [2.24, 2.45) is 0 Å². The molecule has 1 rings (SSSR count). The van der Waals surface area contributed by atoms with Crippen LogP contribution in [0.3, 0.4) is 0 Å². The highest BCUT2D eigenvalue weighted by molar-refractivity contribution is 6.17. The normalized spacial score (nSPS) is 10.5. The Morgan fingerprint density at radius 1 is 1.54 bits per heavy atom. The summed E-state index contributed by atoms with van der Waals surface area (Å²) in [5.74, 6) is 1.68. The zero-order chi connectivity index (χ0) is 9.84. The van der Waals surface area contributed by atoms with E-state index < -0.39 is 0 Å². The lowest BCUT2D eigenvalue weighted by molar-refractivity contribution is 0.404. The molecule has 0 fully saturated rings. The summed E-state index contributed by atoms with van der Waals surface area (Å²) in [6.07, 6.45) is 1.80. The lowest BCUT2D eigenvalue weighted by Crippen LogP contribution is -1.98. The second kappa shape index (κ2) is 4.47. The quantitative estimate of drug-likeness (QED) is 0.699. The average molecular weight is 200 g/mol. The van der Waals surface area contributed by atoms with Crippen molar-refractivity contribution in [3.63, 3.8) is 0 Å². The van der Waals surface area contributed by atoms with Gasteiger partial charge in [-0.15, -0.1) is 11.6 Å². The van der Waals surface area contributed by atoms with E-state index in [4.69, 9.17) is 16.3 Å². The van der Waals surface area contributed by atoms with Crippen molar-refractivity contribution in [2.45, 2.75) is 25.6 Å². The van der Waals surface area contributed by atoms with E-state index in [0.717, 1.165) is 17.0 Å². The van der Waals surface area contributed by atoms with Crippen LogP contribution in [0, 0.1) is 0 Å². The van der Waals surface area contributed by atoms with Crippen molar-refractivity contribution in [3.05, 3.63) is 23.5 Å². The third kappa shape index (κ3) is 2.34. The second-order valence-corrected chi connectivity index (χ2v) is 3.49. The van der Waals surface area contributed by atoms with E-state index in [9.17, 15) is 0 Å². The number of aromatic nitrogens is 1. The highest BCUT2D eigenvalue weighted by Gasteiger charge is 2.08. The summed E-state index contributed by atoms with van der Waals surface area (Å²) in [6, 6.07) is 1.94. The summed E-state index contributed by atoms with van der Waals surface area (Å²) < 4.78 is 5.23. The molecule has 0 aliphatic rings. The molecule has 0 aliphatic carbocycles. The molecule has 2 nitrogen and oxygen atoms in total. The minimum Gasteiger partial charge on any atom is -0.495 e. The molecule has 1 aromatic rings. The van der Waals surface area contributed by atoms with E-state index in [1.807, 2.05) is 6.07 Å². The Bertz CT molecular complexity index is 286. The number of hydrogen-bond donors (Lipinski definition) is 0. The molecule has 0 bridgehead atoms. The smallest absolute Gasteiger partial charge is 0.140 e. The molecule has 0 aromatic carbocycles. The van der Waals surface area contributed by atoms with Gasteiger partial charge in [-0.25, -0.2) is 0 Å². The van der Waals surface area contributed by atoms with E-state index in [-0.39, 0.29) is 0 Å². The first-order chi connectivity index (χ1) is 6.19. The predicted molar refractivity (Wildman–Crippen MR) is 54.4 cm³/mol. The Morgan fingerprint density at radius 2 is 2.23 bits per heavy atom. The Balaban J connectivity index is 3.08. The minimum absolute atomic E-state index is 0.374. The van der Waals surface area contributed by atoms with Crippen LogP contribution in [-0.2, 0) is 5.88 Å². The molecule has 0 aliphatic heterocycles. The molecule has 0 saturated heterocycles. The van der Waals surface area contributed by atoms with Crippen LogP contribution in [-0.4, -0.2) is 12.1 Å². The van der Waals surface area contributed by atoms with E-state index in [2.05, 4.69) is 18.8 Å². The Labute approximate surface area is 83.9 Å². The third-order valence-corrected chi connectivity index (χ3v) is 2.17. The van der Waals surface area contributed by atoms with Gasteiger partial charge >= 0.3 is 0 Å². The molecule has 0 unspecified atom stereocenters. The number of pyridine rings is 1. The number of nitrogens with zero attached hydrogens (tertiary/aromatic N) is 1. The van der Waals surface area contributed by atoms with Gasteiger partial charge in [-0.3, -0.25) is 4.98 Å². The van der Waals surface area contributed by atoms with E-state index in [1.165, 1.54) is 0 Å². The molecular formula is C10H14ClNO. The largest absolute Gasteiger partial charge is 0.495 e. The van der Waals surface area contributed by atoms with Crippen LogP contribution in [0.25, 0.3) is 0 Å². The second-order valence-electron chi connectivity index (χ2n) is 3.22. The first kappa shape index (κ1) is 10.3. The molecule has 72 valence electrons. The first-order valence-electron chi connectivity index (χ1n) is 4.27. The maximum absolute atomic E-state index is 5.69. The summed E-state index contributed by atoms with van der Waals surface area (Å²) in [7, 11) is 1.65. The molecule has 0 spiro atoms. The number of ether oxygens (including phenoxy) is 1. The van der Waals surface area contributed by atoms with E-state index in [0.29, 0.717) is 11.8 Å². The summed E-state index contributed by atoms with van der Waals surface area (Å²) in [4.78, 5) is 4.31. The first-order valence-corrected chi connectivity index (χ1v) is 4.81. The monoisotopic (exact) mass is 199 g/mol. The van der Waals surface area contributed by atoms with Gasteiger partial charge in [0.15, 0.2) is 0 Å². The standard InChI is InChI=1S/C10H14ClNO/c1-7(2)10-9(13-3)4-8(5-11)6-12-10/h4,6-7H,5H2,1-3H3. The van der Waals surface area contributed by atoms with Crippen molar-refractivity contribution in [1.29, 1.82) is 0 Å². The molecule has 0 amide bonds. The number of methoxy groups -OCH3 is 1. The number of rotatable bonds is 3. The van der Waals surface area contributed by atoms with Crippen molar-refractivity contribution >= 4 is 11.6 Å². The van der Waals surface area contributed by atoms with Crippen molar-refractivity contribution in [3.8, 4) is 5.75 Å². The summed E-state index contributed by atoms with van der Waals surface area (Å²) in [6.45, 7) is 4.18. The van der Waals surface area contributed by atoms with Gasteiger partial charge in [-0.2, -0.15) is 0 Å². The van der Waals surface area contributed by atoms with Crippen LogP contribution in [0.2, 0.25) is 0 Å². The fraction of sp³-hybridized carbons (Fsp3) is 0.500. The van der Waals surface area contributed by atoms with Crippen molar-refractivity contribution in [2.75, 3.05) is 7.11 Å². The third-order valence-electron chi connectivity index (χ3n) is 1.86. The fourth-order valence-electron chi connectivity index (χ4n) is 1.17. The maximum atomic E-state index is 5.69. The molecule has 3 heteroatoms. The van der Waals surface area contributed by atoms with Crippen LogP contribution in [0.1, 0.15) is 31.0 Å². The van der Waals surface area contributed by atoms with E-state index in [1.54, 1.807) is 13.3 Å². The molecule has 1 heterocycles. The van der Waals surface area contributed by atoms with E-state index >= 15 is 0 Å². The number of hydrogen-bond acceptors (Lipinski definition) is 2. The van der Waals surface area contributed by atoms with Gasteiger partial charge in [-0.05, 0) is 17.5 Å². The van der Waals surface area contributed by atoms with Gasteiger partial charge in [-0.1, -0.05) is 13.8 Å². The zero-order valence-electron chi connectivity index (χ0n) is 8.17. The summed E-state index contributed by atoms with van der Waals surface area (Å²) >= 11 is 5.69. The molecule has 0 saturated carbocycles. The van der Waals surface area contributed by atoms with Gasteiger partial charge in [0.05, 0.1) is 12.8 Å². The topological polar surface area (TPSA) is 22.1 Å². The van der Waals surface area contributed by atoms with Crippen LogP contribution >= 0.6 is 11.6 Å². The molecule has 1 aromatic heterocycles. The predicted octanol–water partition coefficient (Wildman–Crippen LogP) is 2.95. The highest BCUT2D eigenvalue weighted by Crippen LogP contribution is 2.25. The zero-order valence-corrected chi connectivity index (χ0v) is 8.93. The van der Waals surface area contributed by atoms with Gasteiger partial charge < -0.3 is 4.74 Å². The molecule has 0 atom stereocenters. The summed E-state index contributed by atoms with van der Waals surface area (Å²) in [5, 5.41) is 0. The average Bonchev–Trinajstić information content (AvgIpc) is 2.16. The minimum atomic E-state index is 0.374. The SMILES string of the molecule is COc1cc(CCl)cnc1C(C)C. The highest BCUT2D eigenvalue weighted by atomic mass is 35.5. The molecule has 0 N–H and O–H groups in total. The maximum Gasteiger partial charge on any atom is 0.140 e. The van der Waals surface area contributed by atoms with Gasteiger partial charge in [0.2, 0.25) is 0 Å². The van der Waals surface area contributed by atoms with Gasteiger partial charge in [0.1, 0.15) is 5.75 Å². The van der Waals surface area contributed by atoms with Crippen molar-refractivity contribution < 1.29 is 4.74 Å². The van der Waals surface area contributed by atoms with Crippen LogP contribution in [0.15, 0.2) is 12.3 Å². The Morgan fingerprint density at radius 3 is 2.69 bits per heavy atom. The number of halogens is 1. The van der Waals surface area contributed by atoms with Crippen LogP contribution < -0.4 is 4.74 Å². The lowest BCUT2D eigenvalue weighted by atomic mass is 10.1. The molecule has 0 radical (unpaired) electrons. The molecule has 13 heavy (non-hydrogen) atoms. The van der Waals surface area contributed by atoms with Crippen LogP contribution in [0.5, 0.6) is 5.75 Å². The van der Waals surface area contributed by atoms with Crippen LogP contribution in [0.4, 0.5) is 0 Å². The Kier molecular flexibility index (Phi) is 3.55. The summed E-state index contributed by atoms with van der Waals surface area (Å²) in [5.41, 5.74) is 1.97. The number of alkyl halides is 1. The Hall–Kier alpha value is -0.760.